The molecule has 1 N–H and O–H groups in total. The first-order chi connectivity index (χ1) is 7.59. The highest BCUT2D eigenvalue weighted by Gasteiger charge is 2.16. The molecule has 16 heavy (non-hydrogen) atoms. The van der Waals surface area contributed by atoms with Gasteiger partial charge in [0.05, 0.1) is 5.69 Å². The quantitative estimate of drug-likeness (QED) is 0.812. The van der Waals surface area contributed by atoms with E-state index in [9.17, 15) is 4.79 Å². The summed E-state index contributed by atoms with van der Waals surface area (Å²) in [5, 5.41) is 19.4. The van der Waals surface area contributed by atoms with Gasteiger partial charge in [0.2, 0.25) is 0 Å². The molecular formula is C10H10N4O2. The molecule has 0 aliphatic carbocycles. The molecule has 2 aromatic rings. The van der Waals surface area contributed by atoms with E-state index >= 15 is 0 Å². The summed E-state index contributed by atoms with van der Waals surface area (Å²) in [4.78, 5) is 10.9. The summed E-state index contributed by atoms with van der Waals surface area (Å²) >= 11 is 0. The highest BCUT2D eigenvalue weighted by molar-refractivity contribution is 5.83. The number of tetrazole rings is 1. The molecule has 1 aromatic carbocycles. The van der Waals surface area contributed by atoms with E-state index in [1.165, 1.54) is 4.68 Å². The van der Waals surface area contributed by atoms with Crippen molar-refractivity contribution >= 4 is 5.97 Å². The summed E-state index contributed by atoms with van der Waals surface area (Å²) in [5.74, 6) is -1.34. The van der Waals surface area contributed by atoms with E-state index in [1.54, 1.807) is 6.07 Å². The first kappa shape index (κ1) is 10.3. The zero-order valence-corrected chi connectivity index (χ0v) is 8.88. The van der Waals surface area contributed by atoms with Crippen LogP contribution in [0.25, 0.3) is 5.69 Å². The SMILES string of the molecule is Cc1ccc(-n2nnnc2C(=O)O)c(C)c1. The van der Waals surface area contributed by atoms with E-state index in [2.05, 4.69) is 15.5 Å². The molecule has 6 nitrogen and oxygen atoms in total. The third-order valence-corrected chi connectivity index (χ3v) is 2.24. The highest BCUT2D eigenvalue weighted by Crippen LogP contribution is 2.15. The molecule has 1 aromatic heterocycles. The molecule has 0 amide bonds. The summed E-state index contributed by atoms with van der Waals surface area (Å²) in [7, 11) is 0. The molecule has 0 saturated carbocycles. The lowest BCUT2D eigenvalue weighted by Crippen LogP contribution is -2.10. The molecule has 0 atom stereocenters. The van der Waals surface area contributed by atoms with E-state index in [0.717, 1.165) is 11.1 Å². The van der Waals surface area contributed by atoms with E-state index in [-0.39, 0.29) is 5.82 Å². The maximum absolute atomic E-state index is 10.9. The fourth-order valence-electron chi connectivity index (χ4n) is 1.53. The Bertz CT molecular complexity index is 548. The lowest BCUT2D eigenvalue weighted by Gasteiger charge is -2.06. The Morgan fingerprint density at radius 2 is 2.12 bits per heavy atom. The molecule has 0 spiro atoms. The van der Waals surface area contributed by atoms with Crippen molar-refractivity contribution in [3.63, 3.8) is 0 Å². The van der Waals surface area contributed by atoms with Gasteiger partial charge in [-0.3, -0.25) is 0 Å². The predicted octanol–water partition coefficient (Wildman–Crippen LogP) is 0.977. The minimum atomic E-state index is -1.15. The first-order valence-electron chi connectivity index (χ1n) is 4.69. The van der Waals surface area contributed by atoms with Gasteiger partial charge in [-0.1, -0.05) is 17.7 Å². The number of rotatable bonds is 2. The largest absolute Gasteiger partial charge is 0.475 e. The van der Waals surface area contributed by atoms with Crippen LogP contribution in [0.15, 0.2) is 18.2 Å². The van der Waals surface area contributed by atoms with Gasteiger partial charge in [-0.15, -0.1) is 5.10 Å². The monoisotopic (exact) mass is 218 g/mol. The molecule has 82 valence electrons. The summed E-state index contributed by atoms with van der Waals surface area (Å²) in [5.41, 5.74) is 2.70. The number of benzene rings is 1. The van der Waals surface area contributed by atoms with Crippen LogP contribution in [0, 0.1) is 13.8 Å². The summed E-state index contributed by atoms with van der Waals surface area (Å²) in [6, 6.07) is 5.63. The van der Waals surface area contributed by atoms with Crippen molar-refractivity contribution in [1.29, 1.82) is 0 Å². The molecule has 0 radical (unpaired) electrons. The molecule has 2 rings (SSSR count). The van der Waals surface area contributed by atoms with E-state index in [1.807, 2.05) is 26.0 Å². The van der Waals surface area contributed by atoms with Gasteiger partial charge in [-0.25, -0.2) is 4.79 Å². The summed E-state index contributed by atoms with van der Waals surface area (Å²) in [6.45, 7) is 3.85. The lowest BCUT2D eigenvalue weighted by molar-refractivity contribution is 0.0680. The van der Waals surface area contributed by atoms with Crippen molar-refractivity contribution in [2.45, 2.75) is 13.8 Å². The Labute approximate surface area is 91.5 Å². The number of hydrogen-bond acceptors (Lipinski definition) is 4. The van der Waals surface area contributed by atoms with Crippen molar-refractivity contribution in [2.75, 3.05) is 0 Å². The van der Waals surface area contributed by atoms with Gasteiger partial charge in [-0.05, 0) is 35.9 Å². The average Bonchev–Trinajstić information content (AvgIpc) is 2.66. The summed E-state index contributed by atoms with van der Waals surface area (Å²) < 4.78 is 1.22. The van der Waals surface area contributed by atoms with Gasteiger partial charge in [-0.2, -0.15) is 4.68 Å². The van der Waals surface area contributed by atoms with Crippen LogP contribution < -0.4 is 0 Å². The minimum absolute atomic E-state index is 0.188. The Balaban J connectivity index is 2.59. The van der Waals surface area contributed by atoms with Crippen molar-refractivity contribution < 1.29 is 9.90 Å². The maximum Gasteiger partial charge on any atom is 0.376 e. The number of carbonyl (C=O) groups is 1. The molecule has 0 aliphatic rings. The Morgan fingerprint density at radius 1 is 1.38 bits per heavy atom. The van der Waals surface area contributed by atoms with E-state index in [4.69, 9.17) is 5.11 Å². The normalized spacial score (nSPS) is 10.4. The Kier molecular flexibility index (Phi) is 2.40. The average molecular weight is 218 g/mol. The zero-order chi connectivity index (χ0) is 11.7. The van der Waals surface area contributed by atoms with Crippen molar-refractivity contribution in [1.82, 2.24) is 20.2 Å². The summed E-state index contributed by atoms with van der Waals surface area (Å²) in [6.07, 6.45) is 0. The number of aryl methyl sites for hydroxylation is 2. The van der Waals surface area contributed by atoms with Gasteiger partial charge in [0, 0.05) is 0 Å². The first-order valence-corrected chi connectivity index (χ1v) is 4.69. The van der Waals surface area contributed by atoms with Crippen LogP contribution in [0.1, 0.15) is 21.7 Å². The van der Waals surface area contributed by atoms with Gasteiger partial charge in [0.25, 0.3) is 5.82 Å². The van der Waals surface area contributed by atoms with Crippen LogP contribution in [0.3, 0.4) is 0 Å². The molecule has 0 saturated heterocycles. The zero-order valence-electron chi connectivity index (χ0n) is 8.88. The number of carboxylic acid groups (broad SMARTS) is 1. The Morgan fingerprint density at radius 3 is 2.75 bits per heavy atom. The van der Waals surface area contributed by atoms with Gasteiger partial charge in [0.1, 0.15) is 0 Å². The number of aromatic carboxylic acids is 1. The van der Waals surface area contributed by atoms with Crippen LogP contribution in [-0.4, -0.2) is 31.3 Å². The van der Waals surface area contributed by atoms with E-state index in [0.29, 0.717) is 5.69 Å². The van der Waals surface area contributed by atoms with Gasteiger partial charge >= 0.3 is 5.97 Å². The molecule has 6 heteroatoms. The molecule has 0 fully saturated rings. The second kappa shape index (κ2) is 3.73. The molecule has 0 aliphatic heterocycles. The second-order valence-electron chi connectivity index (χ2n) is 3.51. The second-order valence-corrected chi connectivity index (χ2v) is 3.51. The molecular weight excluding hydrogens is 208 g/mol. The fraction of sp³-hybridized carbons (Fsp3) is 0.200. The number of nitrogens with zero attached hydrogens (tertiary/aromatic N) is 4. The van der Waals surface area contributed by atoms with Crippen LogP contribution >= 0.6 is 0 Å². The van der Waals surface area contributed by atoms with Crippen molar-refractivity contribution in [3.05, 3.63) is 35.2 Å². The number of carboxylic acids is 1. The minimum Gasteiger partial charge on any atom is -0.475 e. The topological polar surface area (TPSA) is 80.9 Å². The maximum atomic E-state index is 10.9. The number of hydrogen-bond donors (Lipinski definition) is 1. The van der Waals surface area contributed by atoms with Crippen LogP contribution in [-0.2, 0) is 0 Å². The third-order valence-electron chi connectivity index (χ3n) is 2.24. The van der Waals surface area contributed by atoms with Crippen molar-refractivity contribution in [2.24, 2.45) is 0 Å². The third kappa shape index (κ3) is 1.65. The standard InChI is InChI=1S/C10H10N4O2/c1-6-3-4-8(7(2)5-6)14-9(10(15)16)11-12-13-14/h3-5H,1-2H3,(H,15,16). The van der Waals surface area contributed by atoms with Crippen molar-refractivity contribution in [3.8, 4) is 5.69 Å². The Hall–Kier alpha value is -2.24. The van der Waals surface area contributed by atoms with Crippen LogP contribution in [0.4, 0.5) is 0 Å². The van der Waals surface area contributed by atoms with Crippen LogP contribution in [0.5, 0.6) is 0 Å². The van der Waals surface area contributed by atoms with Crippen LogP contribution in [0.2, 0.25) is 0 Å². The molecule has 1 heterocycles. The predicted molar refractivity (Wildman–Crippen MR) is 55.6 cm³/mol. The smallest absolute Gasteiger partial charge is 0.376 e. The molecule has 0 unspecified atom stereocenters. The van der Waals surface area contributed by atoms with Gasteiger partial charge in [0.15, 0.2) is 0 Å². The number of aromatic nitrogens is 4. The highest BCUT2D eigenvalue weighted by atomic mass is 16.4. The lowest BCUT2D eigenvalue weighted by atomic mass is 10.1. The van der Waals surface area contributed by atoms with E-state index < -0.39 is 5.97 Å². The van der Waals surface area contributed by atoms with Gasteiger partial charge < -0.3 is 5.11 Å². The molecule has 0 bridgehead atoms. The fourth-order valence-corrected chi connectivity index (χ4v) is 1.53.